The molecule has 5 rings (SSSR count). The first-order valence-corrected chi connectivity index (χ1v) is 8.62. The summed E-state index contributed by atoms with van der Waals surface area (Å²) < 4.78 is 6.07. The van der Waals surface area contributed by atoms with Crippen LogP contribution in [-0.2, 0) is 11.2 Å². The van der Waals surface area contributed by atoms with Crippen LogP contribution in [0.15, 0.2) is 42.5 Å². The Balaban J connectivity index is 1.57. The van der Waals surface area contributed by atoms with E-state index in [1.54, 1.807) is 0 Å². The van der Waals surface area contributed by atoms with E-state index in [0.717, 1.165) is 59.9 Å². The first-order chi connectivity index (χ1) is 11.7. The number of primary amides is 1. The molecule has 1 saturated heterocycles. The highest BCUT2D eigenvalue weighted by atomic mass is 16.5. The van der Waals surface area contributed by atoms with Gasteiger partial charge >= 0.3 is 0 Å². The lowest BCUT2D eigenvalue weighted by atomic mass is 9.83. The number of hydrogen-bond donors (Lipinski definition) is 2. The average Bonchev–Trinajstić information content (AvgIpc) is 3.01. The maximum Gasteiger partial charge on any atom is 0.229 e. The second kappa shape index (κ2) is 5.08. The molecule has 24 heavy (non-hydrogen) atoms. The molecule has 1 saturated carbocycles. The van der Waals surface area contributed by atoms with Crippen LogP contribution < -0.4 is 15.8 Å². The van der Waals surface area contributed by atoms with E-state index in [1.807, 2.05) is 36.4 Å². The summed E-state index contributed by atoms with van der Waals surface area (Å²) in [6.07, 6.45) is 1.01. The largest absolute Gasteiger partial charge is 0.457 e. The molecule has 122 valence electrons. The number of fused-ring (bicyclic) bond motifs is 3. The number of piperidine rings is 1. The first kappa shape index (κ1) is 14.1. The number of carbonyl (C=O) groups is 1. The standard InChI is InChI=1S/C20H20N2O2/c21-20(23)19-12-5-1-2-6-16(12)24-17-7-3-4-11(18(17)19)8-13-14-9-22-10-15(13)14/h1-7,13-15,19,22H,8-10H2,(H2,21,23)/t13?,14-,15+,19?. The predicted molar refractivity (Wildman–Crippen MR) is 91.0 cm³/mol. The van der Waals surface area contributed by atoms with E-state index in [2.05, 4.69) is 11.4 Å². The number of rotatable bonds is 3. The number of nitrogens with two attached hydrogens (primary N) is 1. The zero-order valence-corrected chi connectivity index (χ0v) is 13.4. The third kappa shape index (κ3) is 1.99. The molecule has 0 aromatic heterocycles. The van der Waals surface area contributed by atoms with Crippen LogP contribution in [0.1, 0.15) is 22.6 Å². The van der Waals surface area contributed by atoms with E-state index in [0.29, 0.717) is 0 Å². The van der Waals surface area contributed by atoms with Crippen molar-refractivity contribution in [3.8, 4) is 11.5 Å². The third-order valence-electron chi connectivity index (χ3n) is 5.90. The van der Waals surface area contributed by atoms with Gasteiger partial charge in [-0.3, -0.25) is 4.79 Å². The SMILES string of the molecule is NC(=O)C1c2ccccc2Oc2cccc(CC3[C@H]4CNC[C@@H]34)c21. The fourth-order valence-corrected chi connectivity index (χ4v) is 4.67. The lowest BCUT2D eigenvalue weighted by Crippen LogP contribution is -2.26. The summed E-state index contributed by atoms with van der Waals surface area (Å²) >= 11 is 0. The third-order valence-corrected chi connectivity index (χ3v) is 5.90. The molecule has 0 bridgehead atoms. The molecule has 2 unspecified atom stereocenters. The first-order valence-electron chi connectivity index (χ1n) is 8.62. The second-order valence-electron chi connectivity index (χ2n) is 7.16. The molecule has 4 atom stereocenters. The van der Waals surface area contributed by atoms with Gasteiger partial charge in [0.2, 0.25) is 5.91 Å². The highest BCUT2D eigenvalue weighted by Gasteiger charge is 2.52. The van der Waals surface area contributed by atoms with Crippen molar-refractivity contribution in [3.63, 3.8) is 0 Å². The molecule has 0 spiro atoms. The molecule has 1 aliphatic carbocycles. The molecular formula is C20H20N2O2. The van der Waals surface area contributed by atoms with Gasteiger partial charge in [0.15, 0.2) is 0 Å². The van der Waals surface area contributed by atoms with Gasteiger partial charge in [0.1, 0.15) is 11.5 Å². The number of nitrogens with one attached hydrogen (secondary N) is 1. The van der Waals surface area contributed by atoms with Gasteiger partial charge in [0.05, 0.1) is 5.92 Å². The summed E-state index contributed by atoms with van der Waals surface area (Å²) in [4.78, 5) is 12.3. The van der Waals surface area contributed by atoms with Crippen molar-refractivity contribution in [1.29, 1.82) is 0 Å². The summed E-state index contributed by atoms with van der Waals surface area (Å²) in [5, 5.41) is 3.44. The molecule has 4 nitrogen and oxygen atoms in total. The van der Waals surface area contributed by atoms with E-state index >= 15 is 0 Å². The van der Waals surface area contributed by atoms with Crippen molar-refractivity contribution in [2.24, 2.45) is 23.5 Å². The Morgan fingerprint density at radius 1 is 1.08 bits per heavy atom. The van der Waals surface area contributed by atoms with E-state index in [4.69, 9.17) is 10.5 Å². The van der Waals surface area contributed by atoms with Crippen LogP contribution in [0.4, 0.5) is 0 Å². The summed E-state index contributed by atoms with van der Waals surface area (Å²) in [6, 6.07) is 13.8. The molecule has 1 amide bonds. The van der Waals surface area contributed by atoms with Gasteiger partial charge in [-0.15, -0.1) is 0 Å². The summed E-state index contributed by atoms with van der Waals surface area (Å²) in [5.74, 6) is 3.10. The van der Waals surface area contributed by atoms with Crippen LogP contribution in [-0.4, -0.2) is 19.0 Å². The van der Waals surface area contributed by atoms with Crippen molar-refractivity contribution >= 4 is 5.91 Å². The van der Waals surface area contributed by atoms with E-state index in [9.17, 15) is 4.79 Å². The molecule has 3 N–H and O–H groups in total. The minimum atomic E-state index is -0.419. The maximum absolute atomic E-state index is 12.3. The lowest BCUT2D eigenvalue weighted by molar-refractivity contribution is -0.118. The molecule has 3 aliphatic rings. The molecule has 2 aromatic rings. The number of hydrogen-bond acceptors (Lipinski definition) is 3. The Morgan fingerprint density at radius 2 is 1.83 bits per heavy atom. The van der Waals surface area contributed by atoms with Crippen LogP contribution in [0.3, 0.4) is 0 Å². The molecule has 2 heterocycles. The van der Waals surface area contributed by atoms with E-state index in [1.165, 1.54) is 5.56 Å². The molecule has 4 heteroatoms. The van der Waals surface area contributed by atoms with Gasteiger partial charge in [-0.25, -0.2) is 0 Å². The number of benzene rings is 2. The summed E-state index contributed by atoms with van der Waals surface area (Å²) in [7, 11) is 0. The number of para-hydroxylation sites is 1. The fraction of sp³-hybridized carbons (Fsp3) is 0.350. The van der Waals surface area contributed by atoms with Gasteiger partial charge in [0, 0.05) is 11.1 Å². The molecular weight excluding hydrogens is 300 g/mol. The zero-order valence-electron chi connectivity index (χ0n) is 13.4. The van der Waals surface area contributed by atoms with Gasteiger partial charge in [-0.2, -0.15) is 0 Å². The Hall–Kier alpha value is -2.33. The highest BCUT2D eigenvalue weighted by Crippen LogP contribution is 2.52. The zero-order chi connectivity index (χ0) is 16.3. The number of carbonyl (C=O) groups excluding carboxylic acids is 1. The Bertz CT molecular complexity index is 822. The molecule has 2 aromatic carbocycles. The number of ether oxygens (including phenoxy) is 1. The Labute approximate surface area is 141 Å². The van der Waals surface area contributed by atoms with Gasteiger partial charge in [-0.1, -0.05) is 30.3 Å². The van der Waals surface area contributed by atoms with Crippen molar-refractivity contribution in [3.05, 3.63) is 59.2 Å². The van der Waals surface area contributed by atoms with E-state index in [-0.39, 0.29) is 5.91 Å². The highest BCUT2D eigenvalue weighted by molar-refractivity contribution is 5.88. The van der Waals surface area contributed by atoms with Crippen molar-refractivity contribution in [2.75, 3.05) is 13.1 Å². The van der Waals surface area contributed by atoms with Gasteiger partial charge < -0.3 is 15.8 Å². The lowest BCUT2D eigenvalue weighted by Gasteiger charge is -2.28. The van der Waals surface area contributed by atoms with E-state index < -0.39 is 5.92 Å². The van der Waals surface area contributed by atoms with Crippen LogP contribution in [0.25, 0.3) is 0 Å². The van der Waals surface area contributed by atoms with Crippen LogP contribution in [0.2, 0.25) is 0 Å². The average molecular weight is 320 g/mol. The summed E-state index contributed by atoms with van der Waals surface area (Å²) in [5.41, 5.74) is 8.86. The minimum Gasteiger partial charge on any atom is -0.457 e. The van der Waals surface area contributed by atoms with Crippen LogP contribution in [0.5, 0.6) is 11.5 Å². The predicted octanol–water partition coefficient (Wildman–Crippen LogP) is 2.42. The Kier molecular flexibility index (Phi) is 2.98. The smallest absolute Gasteiger partial charge is 0.229 e. The Morgan fingerprint density at radius 3 is 2.62 bits per heavy atom. The van der Waals surface area contributed by atoms with Crippen molar-refractivity contribution in [1.82, 2.24) is 5.32 Å². The minimum absolute atomic E-state index is 0.308. The maximum atomic E-state index is 12.3. The normalized spacial score (nSPS) is 29.2. The van der Waals surface area contributed by atoms with Gasteiger partial charge in [-0.05, 0) is 55.0 Å². The molecule has 2 fully saturated rings. The topological polar surface area (TPSA) is 64.4 Å². The number of amides is 1. The van der Waals surface area contributed by atoms with Crippen molar-refractivity contribution in [2.45, 2.75) is 12.3 Å². The van der Waals surface area contributed by atoms with Gasteiger partial charge in [0.25, 0.3) is 0 Å². The monoisotopic (exact) mass is 320 g/mol. The van der Waals surface area contributed by atoms with Crippen LogP contribution >= 0.6 is 0 Å². The summed E-state index contributed by atoms with van der Waals surface area (Å²) in [6.45, 7) is 2.26. The van der Waals surface area contributed by atoms with Crippen molar-refractivity contribution < 1.29 is 9.53 Å². The van der Waals surface area contributed by atoms with Crippen LogP contribution in [0, 0.1) is 17.8 Å². The molecule has 0 radical (unpaired) electrons. The quantitative estimate of drug-likeness (QED) is 0.913. The molecule has 2 aliphatic heterocycles. The second-order valence-corrected chi connectivity index (χ2v) is 7.16. The fourth-order valence-electron chi connectivity index (χ4n) is 4.67.